The van der Waals surface area contributed by atoms with Crippen molar-refractivity contribution in [3.8, 4) is 0 Å². The molecule has 3 heteroatoms. The molecular formula is C18H26N2O. The first-order chi connectivity index (χ1) is 10.2. The number of carbonyl (C=O) groups excluding carboxylic acids is 1. The fourth-order valence-electron chi connectivity index (χ4n) is 3.80. The van der Waals surface area contributed by atoms with Crippen molar-refractivity contribution in [2.45, 2.75) is 52.4 Å². The maximum absolute atomic E-state index is 12.4. The smallest absolute Gasteiger partial charge is 0.238 e. The van der Waals surface area contributed by atoms with Gasteiger partial charge in [0, 0.05) is 5.69 Å². The predicted molar refractivity (Wildman–Crippen MR) is 86.9 cm³/mol. The summed E-state index contributed by atoms with van der Waals surface area (Å²) in [5.41, 5.74) is 6.98. The van der Waals surface area contributed by atoms with Gasteiger partial charge >= 0.3 is 0 Å². The zero-order valence-corrected chi connectivity index (χ0v) is 13.3. The summed E-state index contributed by atoms with van der Waals surface area (Å²) >= 11 is 0. The van der Waals surface area contributed by atoms with Crippen molar-refractivity contribution < 1.29 is 4.79 Å². The Hall–Kier alpha value is -1.35. The first-order valence-electron chi connectivity index (χ1n) is 8.41. The lowest BCUT2D eigenvalue weighted by atomic mass is 9.98. The minimum atomic E-state index is 0.146. The van der Waals surface area contributed by atoms with Crippen LogP contribution < -0.4 is 5.32 Å². The number of rotatable bonds is 5. The summed E-state index contributed by atoms with van der Waals surface area (Å²) in [7, 11) is 0. The second-order valence-corrected chi connectivity index (χ2v) is 6.24. The summed E-state index contributed by atoms with van der Waals surface area (Å²) < 4.78 is 0. The monoisotopic (exact) mass is 286 g/mol. The number of anilines is 1. The van der Waals surface area contributed by atoms with E-state index in [0.29, 0.717) is 6.54 Å². The highest BCUT2D eigenvalue weighted by molar-refractivity contribution is 5.94. The van der Waals surface area contributed by atoms with Crippen LogP contribution in [0, 0.1) is 0 Å². The third-order valence-corrected chi connectivity index (χ3v) is 5.00. The van der Waals surface area contributed by atoms with Gasteiger partial charge in [-0.15, -0.1) is 0 Å². The molecule has 0 aliphatic heterocycles. The number of nitrogens with zero attached hydrogens (tertiary/aromatic N) is 1. The lowest BCUT2D eigenvalue weighted by molar-refractivity contribution is -0.117. The molecule has 0 fully saturated rings. The van der Waals surface area contributed by atoms with Gasteiger partial charge in [-0.05, 0) is 73.9 Å². The normalized spacial score (nSPS) is 16.1. The SMILES string of the molecule is CCN(CC)CC(=O)Nc1c2c(cc3c1CCC3)CCC2. The highest BCUT2D eigenvalue weighted by atomic mass is 16.2. The molecule has 1 amide bonds. The van der Waals surface area contributed by atoms with Crippen LogP contribution in [0.5, 0.6) is 0 Å². The van der Waals surface area contributed by atoms with E-state index in [9.17, 15) is 4.79 Å². The molecule has 0 heterocycles. The largest absolute Gasteiger partial charge is 0.324 e. The van der Waals surface area contributed by atoms with Crippen molar-refractivity contribution >= 4 is 11.6 Å². The first kappa shape index (κ1) is 14.6. The van der Waals surface area contributed by atoms with Crippen molar-refractivity contribution in [2.24, 2.45) is 0 Å². The highest BCUT2D eigenvalue weighted by Gasteiger charge is 2.25. The Bertz CT molecular complexity index is 514. The Morgan fingerprint density at radius 2 is 1.62 bits per heavy atom. The van der Waals surface area contributed by atoms with Crippen LogP contribution in [0.1, 0.15) is 48.9 Å². The molecule has 2 aliphatic carbocycles. The van der Waals surface area contributed by atoms with E-state index in [1.54, 1.807) is 0 Å². The van der Waals surface area contributed by atoms with Crippen LogP contribution in [0.4, 0.5) is 5.69 Å². The molecule has 114 valence electrons. The first-order valence-corrected chi connectivity index (χ1v) is 8.41. The van der Waals surface area contributed by atoms with Crippen molar-refractivity contribution in [3.63, 3.8) is 0 Å². The van der Waals surface area contributed by atoms with Gasteiger partial charge in [0.15, 0.2) is 0 Å². The van der Waals surface area contributed by atoms with Crippen LogP contribution in [-0.2, 0) is 30.5 Å². The molecule has 0 saturated heterocycles. The van der Waals surface area contributed by atoms with Gasteiger partial charge in [0.05, 0.1) is 6.54 Å². The Morgan fingerprint density at radius 1 is 1.05 bits per heavy atom. The van der Waals surface area contributed by atoms with E-state index in [0.717, 1.165) is 25.9 Å². The van der Waals surface area contributed by atoms with Crippen molar-refractivity contribution in [3.05, 3.63) is 28.3 Å². The van der Waals surface area contributed by atoms with Gasteiger partial charge in [-0.1, -0.05) is 19.9 Å². The summed E-state index contributed by atoms with van der Waals surface area (Å²) in [6.45, 7) is 6.57. The van der Waals surface area contributed by atoms with Gasteiger partial charge < -0.3 is 5.32 Å². The molecule has 0 bridgehead atoms. The Labute approximate surface area is 127 Å². The van der Waals surface area contributed by atoms with Crippen LogP contribution in [-0.4, -0.2) is 30.4 Å². The second kappa shape index (κ2) is 6.18. The average molecular weight is 286 g/mol. The maximum atomic E-state index is 12.4. The summed E-state index contributed by atoms with van der Waals surface area (Å²) in [6.07, 6.45) is 7.09. The van der Waals surface area contributed by atoms with Crippen molar-refractivity contribution in [2.75, 3.05) is 25.0 Å². The van der Waals surface area contributed by atoms with Gasteiger partial charge in [0.2, 0.25) is 5.91 Å². The fraction of sp³-hybridized carbons (Fsp3) is 0.611. The van der Waals surface area contributed by atoms with E-state index < -0.39 is 0 Å². The lowest BCUT2D eigenvalue weighted by Crippen LogP contribution is -2.33. The average Bonchev–Trinajstić information content (AvgIpc) is 3.12. The summed E-state index contributed by atoms with van der Waals surface area (Å²) in [6, 6.07) is 2.41. The Kier molecular flexibility index (Phi) is 4.29. The third-order valence-electron chi connectivity index (χ3n) is 5.00. The number of hydrogen-bond donors (Lipinski definition) is 1. The van der Waals surface area contributed by atoms with Crippen LogP contribution in [0.3, 0.4) is 0 Å². The topological polar surface area (TPSA) is 32.3 Å². The Balaban J connectivity index is 1.84. The van der Waals surface area contributed by atoms with Crippen molar-refractivity contribution in [1.82, 2.24) is 4.90 Å². The number of carbonyl (C=O) groups is 1. The molecule has 0 atom stereocenters. The zero-order chi connectivity index (χ0) is 14.8. The number of fused-ring (bicyclic) bond motifs is 2. The molecule has 0 aromatic heterocycles. The van der Waals surface area contributed by atoms with Gasteiger partial charge in [0.25, 0.3) is 0 Å². The van der Waals surface area contributed by atoms with Crippen LogP contribution in [0.25, 0.3) is 0 Å². The maximum Gasteiger partial charge on any atom is 0.238 e. The number of hydrogen-bond acceptors (Lipinski definition) is 2. The van der Waals surface area contributed by atoms with E-state index in [1.165, 1.54) is 53.6 Å². The molecule has 0 spiro atoms. The molecule has 0 radical (unpaired) electrons. The van der Waals surface area contributed by atoms with Gasteiger partial charge in [-0.2, -0.15) is 0 Å². The number of aryl methyl sites for hydroxylation is 2. The van der Waals surface area contributed by atoms with E-state index in [4.69, 9.17) is 0 Å². The molecule has 1 N–H and O–H groups in total. The highest BCUT2D eigenvalue weighted by Crippen LogP contribution is 2.38. The van der Waals surface area contributed by atoms with E-state index >= 15 is 0 Å². The Morgan fingerprint density at radius 3 is 2.14 bits per heavy atom. The van der Waals surface area contributed by atoms with Crippen LogP contribution in [0.15, 0.2) is 6.07 Å². The molecule has 0 unspecified atom stereocenters. The minimum Gasteiger partial charge on any atom is -0.324 e. The van der Waals surface area contributed by atoms with Crippen molar-refractivity contribution in [1.29, 1.82) is 0 Å². The summed E-state index contributed by atoms with van der Waals surface area (Å²) in [5.74, 6) is 0.146. The molecular weight excluding hydrogens is 260 g/mol. The van der Waals surface area contributed by atoms with E-state index in [2.05, 4.69) is 30.1 Å². The minimum absolute atomic E-state index is 0.146. The molecule has 1 aromatic rings. The van der Waals surface area contributed by atoms with Crippen LogP contribution in [0.2, 0.25) is 0 Å². The quantitative estimate of drug-likeness (QED) is 0.902. The summed E-state index contributed by atoms with van der Waals surface area (Å²) in [5, 5.41) is 3.26. The third kappa shape index (κ3) is 2.84. The summed E-state index contributed by atoms with van der Waals surface area (Å²) in [4.78, 5) is 14.6. The lowest BCUT2D eigenvalue weighted by Gasteiger charge is -2.20. The number of amides is 1. The van der Waals surface area contributed by atoms with Gasteiger partial charge in [-0.25, -0.2) is 0 Å². The standard InChI is InChI=1S/C18H26N2O/c1-3-20(4-2)12-17(21)19-18-15-9-5-7-13(15)11-14-8-6-10-16(14)18/h11H,3-10,12H2,1-2H3,(H,19,21). The molecule has 2 aliphatic rings. The van der Waals surface area contributed by atoms with E-state index in [1.807, 2.05) is 0 Å². The number of benzene rings is 1. The molecule has 0 saturated carbocycles. The second-order valence-electron chi connectivity index (χ2n) is 6.24. The van der Waals surface area contributed by atoms with Gasteiger partial charge in [-0.3, -0.25) is 9.69 Å². The number of likely N-dealkylation sites (N-methyl/N-ethyl adjacent to an activating group) is 1. The van der Waals surface area contributed by atoms with E-state index in [-0.39, 0.29) is 5.91 Å². The predicted octanol–water partition coefficient (Wildman–Crippen LogP) is 2.94. The fourth-order valence-corrected chi connectivity index (χ4v) is 3.80. The molecule has 1 aromatic carbocycles. The number of nitrogens with one attached hydrogen (secondary N) is 1. The zero-order valence-electron chi connectivity index (χ0n) is 13.3. The molecule has 3 nitrogen and oxygen atoms in total. The molecule has 21 heavy (non-hydrogen) atoms. The van der Waals surface area contributed by atoms with Gasteiger partial charge in [0.1, 0.15) is 0 Å². The van der Waals surface area contributed by atoms with Crippen LogP contribution >= 0.6 is 0 Å². The molecule has 3 rings (SSSR count).